The van der Waals surface area contributed by atoms with Gasteiger partial charge in [0.05, 0.1) is 15.3 Å². The highest BCUT2D eigenvalue weighted by Crippen LogP contribution is 2.23. The second kappa shape index (κ2) is 4.10. The molecule has 88 valence electrons. The van der Waals surface area contributed by atoms with Gasteiger partial charge in [0.1, 0.15) is 11.5 Å². The first-order valence-corrected chi connectivity index (χ1v) is 5.98. The molecule has 0 amide bonds. The Hall–Kier alpha value is -2.01. The third kappa shape index (κ3) is 2.24. The summed E-state index contributed by atoms with van der Waals surface area (Å²) in [7, 11) is -4.16. The van der Waals surface area contributed by atoms with Crippen molar-refractivity contribution in [1.82, 2.24) is 0 Å². The molecule has 0 heterocycles. The van der Waals surface area contributed by atoms with Gasteiger partial charge >= 0.3 is 0 Å². The molecule has 0 saturated heterocycles. The molecule has 0 fully saturated rings. The lowest BCUT2D eigenvalue weighted by molar-refractivity contribution is 0.474. The van der Waals surface area contributed by atoms with E-state index in [1.807, 2.05) is 0 Å². The Balaban J connectivity index is 2.68. The molecule has 4 nitrogen and oxygen atoms in total. The van der Waals surface area contributed by atoms with E-state index >= 15 is 0 Å². The van der Waals surface area contributed by atoms with Crippen LogP contribution in [0.4, 0.5) is 0 Å². The van der Waals surface area contributed by atoms with Crippen molar-refractivity contribution in [2.75, 3.05) is 0 Å². The van der Waals surface area contributed by atoms with Gasteiger partial charge < -0.3 is 10.2 Å². The Morgan fingerprint density at radius 2 is 1.12 bits per heavy atom. The molecule has 0 aromatic heterocycles. The predicted octanol–water partition coefficient (Wildman–Crippen LogP) is 1.93. The van der Waals surface area contributed by atoms with Crippen molar-refractivity contribution in [3.8, 4) is 11.5 Å². The van der Waals surface area contributed by atoms with Gasteiger partial charge in [-0.15, -0.1) is 0 Å². The van der Waals surface area contributed by atoms with Crippen molar-refractivity contribution in [3.05, 3.63) is 48.4 Å². The monoisotopic (exact) mass is 254 g/mol. The van der Waals surface area contributed by atoms with Crippen LogP contribution in [0.15, 0.2) is 58.2 Å². The predicted molar refractivity (Wildman–Crippen MR) is 61.7 cm³/mol. The zero-order valence-corrected chi connectivity index (χ0v) is 9.25. The Kier molecular flexibility index (Phi) is 1.77. The van der Waals surface area contributed by atoms with Crippen LogP contribution in [0.3, 0.4) is 0 Å². The van der Waals surface area contributed by atoms with Gasteiger partial charge in [0, 0.05) is 0 Å². The molecule has 2 N–H and O–H groups in total. The number of phenolic OH excluding ortho intramolecular Hbond substituents is 2. The van der Waals surface area contributed by atoms with Crippen LogP contribution in [0.2, 0.25) is 0 Å². The average Bonchev–Trinajstić information content (AvgIpc) is 2.40. The maximum Gasteiger partial charge on any atom is 0.206 e. The molecule has 0 aliphatic carbocycles. The van der Waals surface area contributed by atoms with Gasteiger partial charge in [-0.25, -0.2) is 8.42 Å². The molecule has 5 heteroatoms. The van der Waals surface area contributed by atoms with Crippen molar-refractivity contribution in [2.45, 2.75) is 9.79 Å². The Bertz CT molecular complexity index is 724. The minimum Gasteiger partial charge on any atom is -0.508 e. The van der Waals surface area contributed by atoms with E-state index in [-0.39, 0.29) is 0 Å². The van der Waals surface area contributed by atoms with Crippen molar-refractivity contribution in [1.29, 1.82) is 0 Å². The number of hydrogen-bond donors (Lipinski definition) is 2. The number of aromatic hydroxyl groups is 2. The lowest BCUT2D eigenvalue weighted by atomic mass is 10.3. The Labute approximate surface area is 104 Å². The molecule has 17 heavy (non-hydrogen) atoms. The fourth-order valence-electron chi connectivity index (χ4n) is 1.17. The molecule has 0 saturated carbocycles. The third-order valence-electron chi connectivity index (χ3n) is 2.03. The van der Waals surface area contributed by atoms with Crippen LogP contribution in [0.5, 0.6) is 11.5 Å². The summed E-state index contributed by atoms with van der Waals surface area (Å²) in [4.78, 5) is -0.806. The summed E-state index contributed by atoms with van der Waals surface area (Å²) < 4.78 is 54.4. The minimum absolute atomic E-state index is 0.403. The fraction of sp³-hybridized carbons (Fsp3) is 0. The standard InChI is InChI=1S/C12H10O4S/c13-9-1-5-11(6-2-9)17(15,16)12-7-3-10(14)4-8-12/h1-8,13-14H/i1D,2D,3D,4D. The van der Waals surface area contributed by atoms with E-state index in [1.54, 1.807) is 0 Å². The van der Waals surface area contributed by atoms with Crippen LogP contribution < -0.4 is 0 Å². The highest BCUT2D eigenvalue weighted by Gasteiger charge is 2.17. The van der Waals surface area contributed by atoms with Crippen molar-refractivity contribution in [2.24, 2.45) is 0 Å². The van der Waals surface area contributed by atoms with E-state index in [0.29, 0.717) is 0 Å². The van der Waals surface area contributed by atoms with Crippen LogP contribution >= 0.6 is 0 Å². The molecular weight excluding hydrogens is 240 g/mol. The van der Waals surface area contributed by atoms with Gasteiger partial charge in [0.25, 0.3) is 0 Å². The normalized spacial score (nSPS) is 14.6. The van der Waals surface area contributed by atoms with Crippen molar-refractivity contribution < 1.29 is 24.1 Å². The number of phenols is 2. The molecular formula is C12H10O4S. The zero-order chi connectivity index (χ0) is 15.9. The van der Waals surface area contributed by atoms with E-state index in [4.69, 9.17) is 5.48 Å². The quantitative estimate of drug-likeness (QED) is 0.858. The van der Waals surface area contributed by atoms with Gasteiger partial charge in [0.15, 0.2) is 0 Å². The minimum atomic E-state index is -4.16. The molecule has 0 bridgehead atoms. The number of benzene rings is 2. The summed E-state index contributed by atoms with van der Waals surface area (Å²) in [5, 5.41) is 18.7. The van der Waals surface area contributed by atoms with Gasteiger partial charge in [-0.05, 0) is 48.4 Å². The summed E-state index contributed by atoms with van der Waals surface area (Å²) in [6, 6.07) is 1.44. The molecule has 2 rings (SSSR count). The van der Waals surface area contributed by atoms with Crippen LogP contribution in [0.1, 0.15) is 5.48 Å². The van der Waals surface area contributed by atoms with Crippen LogP contribution in [-0.4, -0.2) is 18.6 Å². The molecule has 2 aromatic rings. The fourth-order valence-corrected chi connectivity index (χ4v) is 2.30. The Morgan fingerprint density at radius 3 is 1.41 bits per heavy atom. The number of rotatable bonds is 2. The van der Waals surface area contributed by atoms with Gasteiger partial charge in [0.2, 0.25) is 9.84 Å². The second-order valence-electron chi connectivity index (χ2n) is 3.16. The number of hydrogen-bond acceptors (Lipinski definition) is 4. The van der Waals surface area contributed by atoms with Crippen LogP contribution in [-0.2, 0) is 9.84 Å². The SMILES string of the molecule is [2H]c1cc(S(=O)(=O)c2cc([2H])c(O)c([2H])c2)cc([2H])c1O. The third-order valence-corrected chi connectivity index (χ3v) is 3.74. The van der Waals surface area contributed by atoms with Gasteiger partial charge in [-0.2, -0.15) is 0 Å². The second-order valence-corrected chi connectivity index (χ2v) is 5.11. The highest BCUT2D eigenvalue weighted by atomic mass is 32.2. The maximum absolute atomic E-state index is 12.4. The smallest absolute Gasteiger partial charge is 0.206 e. The van der Waals surface area contributed by atoms with Crippen molar-refractivity contribution >= 4 is 9.84 Å². The Morgan fingerprint density at radius 1 is 0.824 bits per heavy atom. The van der Waals surface area contributed by atoms with E-state index in [9.17, 15) is 18.6 Å². The van der Waals surface area contributed by atoms with Crippen molar-refractivity contribution in [3.63, 3.8) is 0 Å². The average molecular weight is 254 g/mol. The summed E-state index contributed by atoms with van der Waals surface area (Å²) in [6.07, 6.45) is 0. The molecule has 0 aliphatic rings. The zero-order valence-electron chi connectivity index (χ0n) is 12.4. The summed E-state index contributed by atoms with van der Waals surface area (Å²) in [5.41, 5.74) is 0. The topological polar surface area (TPSA) is 74.6 Å². The first-order valence-electron chi connectivity index (χ1n) is 6.50. The lowest BCUT2D eigenvalue weighted by Crippen LogP contribution is -2.01. The molecule has 0 radical (unpaired) electrons. The summed E-state index contributed by atoms with van der Waals surface area (Å²) in [6.45, 7) is 0. The molecule has 2 aromatic carbocycles. The largest absolute Gasteiger partial charge is 0.508 e. The van der Waals surface area contributed by atoms with Crippen LogP contribution in [0, 0.1) is 0 Å². The summed E-state index contributed by atoms with van der Waals surface area (Å²) >= 11 is 0. The van der Waals surface area contributed by atoms with E-state index in [0.717, 1.165) is 24.3 Å². The maximum atomic E-state index is 12.4. The molecule has 0 atom stereocenters. The van der Waals surface area contributed by atoms with E-state index < -0.39 is 55.3 Å². The molecule has 0 aliphatic heterocycles. The van der Waals surface area contributed by atoms with Crippen LogP contribution in [0.25, 0.3) is 0 Å². The highest BCUT2D eigenvalue weighted by molar-refractivity contribution is 7.91. The lowest BCUT2D eigenvalue weighted by Gasteiger charge is -2.04. The summed E-state index contributed by atoms with van der Waals surface area (Å²) in [5.74, 6) is -1.27. The van der Waals surface area contributed by atoms with Gasteiger partial charge in [-0.3, -0.25) is 0 Å². The van der Waals surface area contributed by atoms with Gasteiger partial charge in [-0.1, -0.05) is 0 Å². The molecule has 0 spiro atoms. The number of sulfone groups is 1. The first kappa shape index (κ1) is 7.34. The first-order chi connectivity index (χ1) is 9.64. The van der Waals surface area contributed by atoms with E-state index in [1.165, 1.54) is 0 Å². The van der Waals surface area contributed by atoms with E-state index in [2.05, 4.69) is 0 Å². The molecule has 0 unspecified atom stereocenters.